The number of aryl methyl sites for hydroxylation is 2. The molecule has 0 amide bonds. The molecule has 0 spiro atoms. The van der Waals surface area contributed by atoms with Gasteiger partial charge in [0.15, 0.2) is 0 Å². The van der Waals surface area contributed by atoms with Crippen LogP contribution in [0.25, 0.3) is 0 Å². The van der Waals surface area contributed by atoms with Crippen LogP contribution in [-0.4, -0.2) is 5.60 Å². The fourth-order valence-corrected chi connectivity index (χ4v) is 2.90. The van der Waals surface area contributed by atoms with Crippen molar-refractivity contribution in [2.24, 2.45) is 0 Å². The van der Waals surface area contributed by atoms with E-state index in [9.17, 15) is 0 Å². The van der Waals surface area contributed by atoms with Crippen molar-refractivity contribution >= 4 is 0 Å². The highest BCUT2D eigenvalue weighted by atomic mass is 16.5. The Bertz CT molecular complexity index is 459. The molecular weight excluding hydrogens is 184 g/mol. The summed E-state index contributed by atoms with van der Waals surface area (Å²) in [5.41, 5.74) is 3.97. The van der Waals surface area contributed by atoms with Crippen LogP contribution in [0.3, 0.4) is 0 Å². The molecule has 2 aliphatic rings. The van der Waals surface area contributed by atoms with Gasteiger partial charge in [-0.25, -0.2) is 0 Å². The van der Waals surface area contributed by atoms with E-state index in [-0.39, 0.29) is 5.60 Å². The summed E-state index contributed by atoms with van der Waals surface area (Å²) >= 11 is 0. The molecule has 15 heavy (non-hydrogen) atoms. The number of hydrogen-bond acceptors (Lipinski definition) is 1. The fraction of sp³-hybridized carbons (Fsp3) is 0.429. The van der Waals surface area contributed by atoms with Gasteiger partial charge in [-0.2, -0.15) is 0 Å². The Balaban J connectivity index is 2.21. The average molecular weight is 200 g/mol. The van der Waals surface area contributed by atoms with Crippen LogP contribution >= 0.6 is 0 Å². The molecule has 1 aromatic carbocycles. The summed E-state index contributed by atoms with van der Waals surface area (Å²) in [5, 5.41) is 0. The molecule has 1 aliphatic carbocycles. The van der Waals surface area contributed by atoms with E-state index in [4.69, 9.17) is 4.74 Å². The van der Waals surface area contributed by atoms with Crippen molar-refractivity contribution in [3.8, 4) is 5.75 Å². The largest absolute Gasteiger partial charge is 0.486 e. The summed E-state index contributed by atoms with van der Waals surface area (Å²) in [6.07, 6.45) is 5.57. The van der Waals surface area contributed by atoms with Gasteiger partial charge in [0.2, 0.25) is 0 Å². The van der Waals surface area contributed by atoms with Crippen molar-refractivity contribution in [1.29, 1.82) is 0 Å². The quantitative estimate of drug-likeness (QED) is 0.582. The number of benzene rings is 1. The number of fused-ring (bicyclic) bond motifs is 3. The van der Waals surface area contributed by atoms with Crippen molar-refractivity contribution in [2.75, 3.05) is 0 Å². The maximum absolute atomic E-state index is 6.14. The van der Waals surface area contributed by atoms with Crippen molar-refractivity contribution in [2.45, 2.75) is 38.7 Å². The van der Waals surface area contributed by atoms with Gasteiger partial charge in [-0.1, -0.05) is 29.8 Å². The lowest BCUT2D eigenvalue weighted by Gasteiger charge is -2.23. The number of ether oxygens (including phenoxy) is 1. The Morgan fingerprint density at radius 3 is 2.93 bits per heavy atom. The van der Waals surface area contributed by atoms with Crippen LogP contribution in [0.4, 0.5) is 0 Å². The minimum absolute atomic E-state index is 0.0130. The molecule has 1 heteroatoms. The molecule has 3 rings (SSSR count). The molecule has 0 saturated carbocycles. The molecule has 0 aromatic heterocycles. The van der Waals surface area contributed by atoms with Gasteiger partial charge in [-0.3, -0.25) is 0 Å². The molecular formula is C14H16O. The first kappa shape index (κ1) is 9.02. The summed E-state index contributed by atoms with van der Waals surface area (Å²) in [4.78, 5) is 0. The molecule has 1 nitrogen and oxygen atoms in total. The van der Waals surface area contributed by atoms with Crippen LogP contribution in [-0.2, 0) is 0 Å². The molecule has 2 unspecified atom stereocenters. The van der Waals surface area contributed by atoms with E-state index < -0.39 is 0 Å². The van der Waals surface area contributed by atoms with Gasteiger partial charge in [0.25, 0.3) is 0 Å². The Labute approximate surface area is 90.8 Å². The van der Waals surface area contributed by atoms with Crippen LogP contribution in [0.15, 0.2) is 24.3 Å². The van der Waals surface area contributed by atoms with Crippen LogP contribution in [0.2, 0.25) is 0 Å². The van der Waals surface area contributed by atoms with Crippen LogP contribution < -0.4 is 4.74 Å². The third kappa shape index (κ3) is 1.09. The van der Waals surface area contributed by atoms with E-state index in [0.29, 0.717) is 5.92 Å². The Hall–Kier alpha value is -1.24. The summed E-state index contributed by atoms with van der Waals surface area (Å²) in [6, 6.07) is 4.47. The molecule has 0 bridgehead atoms. The van der Waals surface area contributed by atoms with Gasteiger partial charge >= 0.3 is 0 Å². The maximum Gasteiger partial charge on any atom is 0.127 e. The number of rotatable bonds is 0. The summed E-state index contributed by atoms with van der Waals surface area (Å²) in [6.45, 7) is 6.51. The Kier molecular flexibility index (Phi) is 1.60. The van der Waals surface area contributed by atoms with Crippen molar-refractivity contribution in [3.05, 3.63) is 41.0 Å². The van der Waals surface area contributed by atoms with Gasteiger partial charge in [-0.15, -0.1) is 0 Å². The second kappa shape index (κ2) is 2.66. The maximum atomic E-state index is 6.14. The first-order valence-corrected chi connectivity index (χ1v) is 5.57. The second-order valence-electron chi connectivity index (χ2n) is 5.02. The predicted molar refractivity (Wildman–Crippen MR) is 61.4 cm³/mol. The molecule has 0 N–H and O–H groups in total. The highest BCUT2D eigenvalue weighted by molar-refractivity contribution is 5.53. The SMILES string of the molecule is Cc1cc(C)c2c(c1)C1C=CCC1(C)O2. The molecule has 2 atom stereocenters. The molecule has 1 aromatic rings. The lowest BCUT2D eigenvalue weighted by molar-refractivity contribution is 0.114. The van der Waals surface area contributed by atoms with E-state index >= 15 is 0 Å². The fourth-order valence-electron chi connectivity index (χ4n) is 2.90. The average Bonchev–Trinajstić information content (AvgIpc) is 2.62. The Morgan fingerprint density at radius 1 is 1.33 bits per heavy atom. The first-order valence-electron chi connectivity index (χ1n) is 5.57. The van der Waals surface area contributed by atoms with Crippen molar-refractivity contribution < 1.29 is 4.74 Å². The zero-order valence-corrected chi connectivity index (χ0v) is 9.50. The summed E-state index contributed by atoms with van der Waals surface area (Å²) in [5.74, 6) is 1.59. The molecule has 1 aliphatic heterocycles. The highest BCUT2D eigenvalue weighted by Gasteiger charge is 2.45. The van der Waals surface area contributed by atoms with E-state index in [1.54, 1.807) is 0 Å². The van der Waals surface area contributed by atoms with E-state index in [1.807, 2.05) is 0 Å². The lowest BCUT2D eigenvalue weighted by atomic mass is 9.87. The monoisotopic (exact) mass is 200 g/mol. The molecule has 0 fully saturated rings. The predicted octanol–water partition coefficient (Wildman–Crippen LogP) is 3.50. The minimum Gasteiger partial charge on any atom is -0.486 e. The standard InChI is InChI=1S/C14H16O/c1-9-7-10(2)13-11(8-9)12-5-4-6-14(12,3)15-13/h4-5,7-8,12H,6H2,1-3H3. The minimum atomic E-state index is -0.0130. The van der Waals surface area contributed by atoms with Crippen LogP contribution in [0, 0.1) is 13.8 Å². The zero-order valence-electron chi connectivity index (χ0n) is 9.50. The smallest absolute Gasteiger partial charge is 0.127 e. The zero-order chi connectivity index (χ0) is 10.6. The molecule has 0 radical (unpaired) electrons. The van der Waals surface area contributed by atoms with E-state index in [0.717, 1.165) is 12.2 Å². The first-order chi connectivity index (χ1) is 7.10. The van der Waals surface area contributed by atoms with Crippen LogP contribution in [0.1, 0.15) is 36.0 Å². The van der Waals surface area contributed by atoms with Crippen molar-refractivity contribution in [1.82, 2.24) is 0 Å². The van der Waals surface area contributed by atoms with Gasteiger partial charge in [0, 0.05) is 17.9 Å². The van der Waals surface area contributed by atoms with Gasteiger partial charge in [-0.05, 0) is 26.3 Å². The van der Waals surface area contributed by atoms with Crippen LogP contribution in [0.5, 0.6) is 5.75 Å². The van der Waals surface area contributed by atoms with Gasteiger partial charge in [0.05, 0.1) is 0 Å². The summed E-state index contributed by atoms with van der Waals surface area (Å²) < 4.78 is 6.14. The molecule has 0 saturated heterocycles. The molecule has 78 valence electrons. The van der Waals surface area contributed by atoms with Crippen molar-refractivity contribution in [3.63, 3.8) is 0 Å². The third-order valence-corrected chi connectivity index (χ3v) is 3.63. The Morgan fingerprint density at radius 2 is 2.13 bits per heavy atom. The van der Waals surface area contributed by atoms with E-state index in [1.165, 1.54) is 16.7 Å². The summed E-state index contributed by atoms with van der Waals surface area (Å²) in [7, 11) is 0. The normalized spacial score (nSPS) is 31.3. The third-order valence-electron chi connectivity index (χ3n) is 3.63. The van der Waals surface area contributed by atoms with Gasteiger partial charge < -0.3 is 4.74 Å². The second-order valence-corrected chi connectivity index (χ2v) is 5.02. The van der Waals surface area contributed by atoms with Gasteiger partial charge in [0.1, 0.15) is 11.4 Å². The van der Waals surface area contributed by atoms with E-state index in [2.05, 4.69) is 45.1 Å². The number of hydrogen-bond donors (Lipinski definition) is 0. The lowest BCUT2D eigenvalue weighted by Crippen LogP contribution is -2.29. The highest BCUT2D eigenvalue weighted by Crippen LogP contribution is 2.51. The topological polar surface area (TPSA) is 9.23 Å². The molecule has 1 heterocycles.